The van der Waals surface area contributed by atoms with Crippen LogP contribution in [0.3, 0.4) is 0 Å². The zero-order valence-corrected chi connectivity index (χ0v) is 10.5. The molecule has 0 bridgehead atoms. The van der Waals surface area contributed by atoms with Gasteiger partial charge in [0.15, 0.2) is 5.78 Å². The van der Waals surface area contributed by atoms with E-state index in [0.717, 1.165) is 11.1 Å². The van der Waals surface area contributed by atoms with Gasteiger partial charge in [-0.25, -0.2) is 0 Å². The van der Waals surface area contributed by atoms with Crippen LogP contribution in [0.15, 0.2) is 54.9 Å². The third-order valence-electron chi connectivity index (χ3n) is 3.02. The molecule has 1 heterocycles. The Morgan fingerprint density at radius 3 is 2.63 bits per heavy atom. The van der Waals surface area contributed by atoms with E-state index in [9.17, 15) is 4.79 Å². The molecular formula is C16H12N2O. The summed E-state index contributed by atoms with van der Waals surface area (Å²) in [5.74, 6) is -0.0187. The molecule has 0 fully saturated rings. The number of ketones is 1. The molecule has 2 aromatic carbocycles. The minimum absolute atomic E-state index is 0.0187. The monoisotopic (exact) mass is 248 g/mol. The van der Waals surface area contributed by atoms with E-state index in [-0.39, 0.29) is 5.78 Å². The zero-order valence-electron chi connectivity index (χ0n) is 10.5. The molecule has 0 radical (unpaired) electrons. The summed E-state index contributed by atoms with van der Waals surface area (Å²) in [5.41, 5.74) is 3.73. The average molecular weight is 248 g/mol. The second kappa shape index (κ2) is 4.61. The Bertz CT molecular complexity index is 760. The Kier molecular flexibility index (Phi) is 2.80. The highest BCUT2D eigenvalue weighted by Crippen LogP contribution is 2.18. The minimum Gasteiger partial charge on any atom is -0.289 e. The van der Waals surface area contributed by atoms with E-state index in [2.05, 4.69) is 9.97 Å². The number of fused-ring (bicyclic) bond motifs is 1. The number of hydrogen-bond acceptors (Lipinski definition) is 3. The van der Waals surface area contributed by atoms with Crippen molar-refractivity contribution < 1.29 is 4.79 Å². The highest BCUT2D eigenvalue weighted by atomic mass is 16.1. The molecule has 3 heteroatoms. The molecule has 0 atom stereocenters. The van der Waals surface area contributed by atoms with Crippen molar-refractivity contribution >= 4 is 16.8 Å². The normalized spacial score (nSPS) is 10.6. The van der Waals surface area contributed by atoms with Crippen LogP contribution in [0.2, 0.25) is 0 Å². The molecule has 0 unspecified atom stereocenters. The quantitative estimate of drug-likeness (QED) is 0.654. The third-order valence-corrected chi connectivity index (χ3v) is 3.02. The number of benzene rings is 2. The maximum atomic E-state index is 12.5. The first-order chi connectivity index (χ1) is 9.25. The highest BCUT2D eigenvalue weighted by molar-refractivity contribution is 6.15. The number of hydrogen-bond donors (Lipinski definition) is 0. The van der Waals surface area contributed by atoms with Crippen LogP contribution in [0.4, 0.5) is 0 Å². The standard InChI is InChI=1S/C16H12N2O/c1-11-4-2-5-12(10-11)16(19)13-6-3-7-14-15(13)18-9-8-17-14/h2-10H,1H3. The molecule has 1 aromatic heterocycles. The number of rotatable bonds is 2. The van der Waals surface area contributed by atoms with E-state index in [4.69, 9.17) is 0 Å². The third kappa shape index (κ3) is 2.10. The number of nitrogens with zero attached hydrogens (tertiary/aromatic N) is 2. The first-order valence-corrected chi connectivity index (χ1v) is 6.07. The predicted octanol–water partition coefficient (Wildman–Crippen LogP) is 3.17. The van der Waals surface area contributed by atoms with Gasteiger partial charge in [-0.2, -0.15) is 0 Å². The number of aromatic nitrogens is 2. The van der Waals surface area contributed by atoms with Crippen molar-refractivity contribution in [3.05, 3.63) is 71.5 Å². The lowest BCUT2D eigenvalue weighted by molar-refractivity contribution is 0.104. The second-order valence-electron chi connectivity index (χ2n) is 4.43. The Labute approximate surface area is 111 Å². The fraction of sp³-hybridized carbons (Fsp3) is 0.0625. The van der Waals surface area contributed by atoms with Crippen LogP contribution in [0, 0.1) is 6.92 Å². The molecule has 92 valence electrons. The SMILES string of the molecule is Cc1cccc(C(=O)c2cccc3nccnc23)c1. The number of para-hydroxylation sites is 1. The van der Waals surface area contributed by atoms with Gasteiger partial charge in [0, 0.05) is 18.0 Å². The number of carbonyl (C=O) groups excluding carboxylic acids is 1. The van der Waals surface area contributed by atoms with Gasteiger partial charge >= 0.3 is 0 Å². The van der Waals surface area contributed by atoms with Gasteiger partial charge in [0.25, 0.3) is 0 Å². The van der Waals surface area contributed by atoms with Crippen LogP contribution in [0.25, 0.3) is 11.0 Å². The molecule has 3 rings (SSSR count). The lowest BCUT2D eigenvalue weighted by Gasteiger charge is -2.05. The Balaban J connectivity index is 2.17. The summed E-state index contributed by atoms with van der Waals surface area (Å²) in [6.07, 6.45) is 3.23. The average Bonchev–Trinajstić information content (AvgIpc) is 2.46. The molecule has 0 N–H and O–H groups in total. The summed E-state index contributed by atoms with van der Waals surface area (Å²) in [4.78, 5) is 21.0. The van der Waals surface area contributed by atoms with Gasteiger partial charge in [-0.1, -0.05) is 29.8 Å². The fourth-order valence-corrected chi connectivity index (χ4v) is 2.12. The van der Waals surface area contributed by atoms with Crippen LogP contribution in [-0.4, -0.2) is 15.8 Å². The first-order valence-electron chi connectivity index (χ1n) is 6.07. The van der Waals surface area contributed by atoms with Crippen LogP contribution in [-0.2, 0) is 0 Å². The summed E-state index contributed by atoms with van der Waals surface area (Å²) in [6.45, 7) is 1.97. The van der Waals surface area contributed by atoms with Crippen molar-refractivity contribution in [3.8, 4) is 0 Å². The molecule has 3 nitrogen and oxygen atoms in total. The Hall–Kier alpha value is -2.55. The van der Waals surface area contributed by atoms with Gasteiger partial charge in [0.1, 0.15) is 0 Å². The fourth-order valence-electron chi connectivity index (χ4n) is 2.12. The molecule has 0 aliphatic rings. The Morgan fingerprint density at radius 1 is 1.00 bits per heavy atom. The maximum absolute atomic E-state index is 12.5. The van der Waals surface area contributed by atoms with Crippen molar-refractivity contribution in [2.75, 3.05) is 0 Å². The van der Waals surface area contributed by atoms with Crippen LogP contribution < -0.4 is 0 Å². The minimum atomic E-state index is -0.0187. The number of carbonyl (C=O) groups is 1. The van der Waals surface area contributed by atoms with Crippen molar-refractivity contribution in [3.63, 3.8) is 0 Å². The van der Waals surface area contributed by atoms with Gasteiger partial charge in [-0.15, -0.1) is 0 Å². The largest absolute Gasteiger partial charge is 0.289 e. The second-order valence-corrected chi connectivity index (χ2v) is 4.43. The number of aryl methyl sites for hydroxylation is 1. The molecule has 0 aliphatic heterocycles. The van der Waals surface area contributed by atoms with Gasteiger partial charge in [0.05, 0.1) is 16.6 Å². The molecule has 0 spiro atoms. The summed E-state index contributed by atoms with van der Waals surface area (Å²) in [5, 5.41) is 0. The lowest BCUT2D eigenvalue weighted by atomic mass is 10.0. The van der Waals surface area contributed by atoms with Crippen molar-refractivity contribution in [1.29, 1.82) is 0 Å². The smallest absolute Gasteiger partial charge is 0.195 e. The maximum Gasteiger partial charge on any atom is 0.195 e. The first kappa shape index (κ1) is 11.5. The van der Waals surface area contributed by atoms with Crippen LogP contribution >= 0.6 is 0 Å². The molecule has 19 heavy (non-hydrogen) atoms. The van der Waals surface area contributed by atoms with Gasteiger partial charge < -0.3 is 0 Å². The van der Waals surface area contributed by atoms with Crippen molar-refractivity contribution in [1.82, 2.24) is 9.97 Å². The van der Waals surface area contributed by atoms with E-state index in [0.29, 0.717) is 16.6 Å². The van der Waals surface area contributed by atoms with Crippen molar-refractivity contribution in [2.45, 2.75) is 6.92 Å². The summed E-state index contributed by atoms with van der Waals surface area (Å²) in [7, 11) is 0. The lowest BCUT2D eigenvalue weighted by Crippen LogP contribution is -2.03. The molecule has 0 saturated carbocycles. The predicted molar refractivity (Wildman–Crippen MR) is 74.1 cm³/mol. The summed E-state index contributed by atoms with van der Waals surface area (Å²) >= 11 is 0. The molecule has 0 aliphatic carbocycles. The molecule has 3 aromatic rings. The van der Waals surface area contributed by atoms with Crippen molar-refractivity contribution in [2.24, 2.45) is 0 Å². The van der Waals surface area contributed by atoms with E-state index >= 15 is 0 Å². The molecule has 0 amide bonds. The van der Waals surface area contributed by atoms with E-state index in [1.807, 2.05) is 43.3 Å². The van der Waals surface area contributed by atoms with E-state index < -0.39 is 0 Å². The summed E-state index contributed by atoms with van der Waals surface area (Å²) in [6, 6.07) is 13.1. The molecule has 0 saturated heterocycles. The van der Waals surface area contributed by atoms with Crippen LogP contribution in [0.1, 0.15) is 21.5 Å². The van der Waals surface area contributed by atoms with Gasteiger partial charge in [-0.3, -0.25) is 14.8 Å². The topological polar surface area (TPSA) is 42.9 Å². The van der Waals surface area contributed by atoms with E-state index in [1.54, 1.807) is 18.5 Å². The summed E-state index contributed by atoms with van der Waals surface area (Å²) < 4.78 is 0. The zero-order chi connectivity index (χ0) is 13.2. The molecular weight excluding hydrogens is 236 g/mol. The van der Waals surface area contributed by atoms with Gasteiger partial charge in [0.2, 0.25) is 0 Å². The van der Waals surface area contributed by atoms with Crippen LogP contribution in [0.5, 0.6) is 0 Å². The van der Waals surface area contributed by atoms with E-state index in [1.165, 1.54) is 0 Å². The highest BCUT2D eigenvalue weighted by Gasteiger charge is 2.13. The van der Waals surface area contributed by atoms with Gasteiger partial charge in [-0.05, 0) is 25.1 Å². The Morgan fingerprint density at radius 2 is 1.79 bits per heavy atom.